The van der Waals surface area contributed by atoms with E-state index in [1.807, 2.05) is 25.1 Å². The minimum atomic E-state index is -0.487. The zero-order chi connectivity index (χ0) is 18.9. The van der Waals surface area contributed by atoms with E-state index < -0.39 is 5.41 Å². The third kappa shape index (κ3) is 4.00. The first-order valence-electron chi connectivity index (χ1n) is 9.43. The van der Waals surface area contributed by atoms with Crippen molar-refractivity contribution in [2.45, 2.75) is 32.6 Å². The highest BCUT2D eigenvalue weighted by Gasteiger charge is 2.39. The van der Waals surface area contributed by atoms with E-state index in [1.165, 1.54) is 25.1 Å². The standard InChI is InChI=1S/C23H23FN2O/c1-23(14-17-10-11-17,13-16-6-3-2-4-7-16)22(27)26-19-12-18-8-5-9-20(24)21(18)25-15-19/h2-9,12,15,17H,10-11,13-14H2,1H3,(H,26,27). The fourth-order valence-electron chi connectivity index (χ4n) is 3.72. The first-order chi connectivity index (χ1) is 13.0. The lowest BCUT2D eigenvalue weighted by atomic mass is 9.78. The van der Waals surface area contributed by atoms with Crippen LogP contribution in [0.5, 0.6) is 0 Å². The van der Waals surface area contributed by atoms with Gasteiger partial charge >= 0.3 is 0 Å². The predicted octanol–water partition coefficient (Wildman–Crippen LogP) is 5.36. The van der Waals surface area contributed by atoms with Gasteiger partial charge in [-0.2, -0.15) is 0 Å². The van der Waals surface area contributed by atoms with Crippen molar-refractivity contribution in [3.05, 3.63) is 72.2 Å². The van der Waals surface area contributed by atoms with E-state index in [1.54, 1.807) is 18.2 Å². The van der Waals surface area contributed by atoms with Gasteiger partial charge in [-0.15, -0.1) is 0 Å². The lowest BCUT2D eigenvalue weighted by Crippen LogP contribution is -2.36. The molecule has 1 aliphatic carbocycles. The Balaban J connectivity index is 1.57. The molecule has 27 heavy (non-hydrogen) atoms. The van der Waals surface area contributed by atoms with Crippen molar-refractivity contribution in [2.75, 3.05) is 5.32 Å². The number of anilines is 1. The normalized spacial score (nSPS) is 16.1. The molecule has 0 radical (unpaired) electrons. The second-order valence-corrected chi connectivity index (χ2v) is 7.86. The average Bonchev–Trinajstić information content (AvgIpc) is 3.46. The zero-order valence-corrected chi connectivity index (χ0v) is 15.4. The fourth-order valence-corrected chi connectivity index (χ4v) is 3.72. The van der Waals surface area contributed by atoms with E-state index in [4.69, 9.17) is 0 Å². The number of para-hydroxylation sites is 1. The lowest BCUT2D eigenvalue weighted by Gasteiger charge is -2.29. The van der Waals surface area contributed by atoms with Crippen LogP contribution in [0.2, 0.25) is 0 Å². The predicted molar refractivity (Wildman–Crippen MR) is 106 cm³/mol. The van der Waals surface area contributed by atoms with Gasteiger partial charge in [0.05, 0.1) is 17.3 Å². The number of benzene rings is 2. The number of carbonyl (C=O) groups excluding carboxylic acids is 1. The summed E-state index contributed by atoms with van der Waals surface area (Å²) in [7, 11) is 0. The molecule has 1 N–H and O–H groups in total. The maximum absolute atomic E-state index is 13.8. The Kier molecular flexibility index (Phi) is 4.65. The Morgan fingerprint density at radius 3 is 2.70 bits per heavy atom. The summed E-state index contributed by atoms with van der Waals surface area (Å²) in [6, 6.07) is 16.8. The topological polar surface area (TPSA) is 42.0 Å². The quantitative estimate of drug-likeness (QED) is 0.641. The Labute approximate surface area is 158 Å². The van der Waals surface area contributed by atoms with Gasteiger partial charge in [-0.05, 0) is 36.5 Å². The number of hydrogen-bond donors (Lipinski definition) is 1. The van der Waals surface area contributed by atoms with E-state index in [2.05, 4.69) is 22.4 Å². The van der Waals surface area contributed by atoms with Gasteiger partial charge in [0, 0.05) is 5.39 Å². The Bertz CT molecular complexity index is 969. The number of pyridine rings is 1. The monoisotopic (exact) mass is 362 g/mol. The Morgan fingerprint density at radius 2 is 1.96 bits per heavy atom. The van der Waals surface area contributed by atoms with Crippen molar-refractivity contribution in [3.8, 4) is 0 Å². The molecule has 1 amide bonds. The molecular weight excluding hydrogens is 339 g/mol. The van der Waals surface area contributed by atoms with Gasteiger partial charge in [0.25, 0.3) is 0 Å². The fraction of sp³-hybridized carbons (Fsp3) is 0.304. The van der Waals surface area contributed by atoms with Crippen molar-refractivity contribution in [1.29, 1.82) is 0 Å². The summed E-state index contributed by atoms with van der Waals surface area (Å²) >= 11 is 0. The minimum Gasteiger partial charge on any atom is -0.324 e. The van der Waals surface area contributed by atoms with Gasteiger partial charge in [-0.25, -0.2) is 4.39 Å². The third-order valence-corrected chi connectivity index (χ3v) is 5.34. The maximum atomic E-state index is 13.8. The number of fused-ring (bicyclic) bond motifs is 1. The molecule has 2 aromatic carbocycles. The number of rotatable bonds is 6. The van der Waals surface area contributed by atoms with Crippen LogP contribution in [0.3, 0.4) is 0 Å². The maximum Gasteiger partial charge on any atom is 0.230 e. The van der Waals surface area contributed by atoms with Gasteiger partial charge < -0.3 is 5.32 Å². The molecule has 1 aromatic heterocycles. The summed E-state index contributed by atoms with van der Waals surface area (Å²) in [5.41, 5.74) is 1.60. The van der Waals surface area contributed by atoms with Crippen LogP contribution in [0.25, 0.3) is 10.9 Å². The molecule has 1 unspecified atom stereocenters. The van der Waals surface area contributed by atoms with E-state index in [9.17, 15) is 9.18 Å². The summed E-state index contributed by atoms with van der Waals surface area (Å²) in [6.45, 7) is 2.04. The van der Waals surface area contributed by atoms with Crippen molar-refractivity contribution < 1.29 is 9.18 Å². The van der Waals surface area contributed by atoms with Gasteiger partial charge in [0.15, 0.2) is 0 Å². The molecule has 3 aromatic rings. The number of amides is 1. The van der Waals surface area contributed by atoms with E-state index >= 15 is 0 Å². The smallest absolute Gasteiger partial charge is 0.230 e. The van der Waals surface area contributed by atoms with E-state index in [0.29, 0.717) is 28.9 Å². The lowest BCUT2D eigenvalue weighted by molar-refractivity contribution is -0.125. The van der Waals surface area contributed by atoms with Crippen LogP contribution in [0.1, 0.15) is 31.7 Å². The first kappa shape index (κ1) is 17.7. The molecule has 1 atom stereocenters. The Hall–Kier alpha value is -2.75. The number of carbonyl (C=O) groups is 1. The second-order valence-electron chi connectivity index (χ2n) is 7.86. The number of hydrogen-bond acceptors (Lipinski definition) is 2. The highest BCUT2D eigenvalue weighted by Crippen LogP contribution is 2.42. The molecule has 0 aliphatic heterocycles. The second kappa shape index (κ2) is 7.10. The van der Waals surface area contributed by atoms with Crippen LogP contribution in [-0.4, -0.2) is 10.9 Å². The van der Waals surface area contributed by atoms with Crippen LogP contribution in [-0.2, 0) is 11.2 Å². The van der Waals surface area contributed by atoms with E-state index in [-0.39, 0.29) is 11.7 Å². The van der Waals surface area contributed by atoms with Gasteiger partial charge in [0.1, 0.15) is 11.3 Å². The molecule has 0 saturated heterocycles. The summed E-state index contributed by atoms with van der Waals surface area (Å²) in [4.78, 5) is 17.4. The highest BCUT2D eigenvalue weighted by molar-refractivity contribution is 5.96. The number of aromatic nitrogens is 1. The first-order valence-corrected chi connectivity index (χ1v) is 9.43. The molecule has 1 heterocycles. The molecule has 0 spiro atoms. The van der Waals surface area contributed by atoms with Crippen LogP contribution in [0.4, 0.5) is 10.1 Å². The summed E-state index contributed by atoms with van der Waals surface area (Å²) in [5.74, 6) is 0.275. The number of nitrogens with one attached hydrogen (secondary N) is 1. The van der Waals surface area contributed by atoms with Crippen LogP contribution in [0.15, 0.2) is 60.8 Å². The summed E-state index contributed by atoms with van der Waals surface area (Å²) in [6.07, 6.45) is 5.52. The Morgan fingerprint density at radius 1 is 1.19 bits per heavy atom. The molecule has 138 valence electrons. The van der Waals surface area contributed by atoms with Crippen LogP contribution >= 0.6 is 0 Å². The van der Waals surface area contributed by atoms with Gasteiger partial charge in [-0.3, -0.25) is 9.78 Å². The third-order valence-electron chi connectivity index (χ3n) is 5.34. The summed E-state index contributed by atoms with van der Waals surface area (Å²) < 4.78 is 13.8. The van der Waals surface area contributed by atoms with Crippen LogP contribution in [0, 0.1) is 17.2 Å². The van der Waals surface area contributed by atoms with Crippen molar-refractivity contribution in [3.63, 3.8) is 0 Å². The minimum absolute atomic E-state index is 0.00388. The average molecular weight is 362 g/mol. The van der Waals surface area contributed by atoms with Crippen molar-refractivity contribution in [2.24, 2.45) is 11.3 Å². The number of halogens is 1. The molecular formula is C23H23FN2O. The number of nitrogens with zero attached hydrogens (tertiary/aromatic N) is 1. The summed E-state index contributed by atoms with van der Waals surface area (Å²) in [5, 5.41) is 3.70. The molecule has 1 aliphatic rings. The van der Waals surface area contributed by atoms with Crippen LogP contribution < -0.4 is 5.32 Å². The molecule has 3 nitrogen and oxygen atoms in total. The highest BCUT2D eigenvalue weighted by atomic mass is 19.1. The molecule has 4 rings (SSSR count). The van der Waals surface area contributed by atoms with Gasteiger partial charge in [0.2, 0.25) is 5.91 Å². The van der Waals surface area contributed by atoms with E-state index in [0.717, 1.165) is 12.0 Å². The van der Waals surface area contributed by atoms with Gasteiger partial charge in [-0.1, -0.05) is 62.2 Å². The zero-order valence-electron chi connectivity index (χ0n) is 15.4. The SMILES string of the molecule is CC(Cc1ccccc1)(CC1CC1)C(=O)Nc1cnc2c(F)cccc2c1. The van der Waals surface area contributed by atoms with Crippen molar-refractivity contribution >= 4 is 22.5 Å². The molecule has 1 saturated carbocycles. The largest absolute Gasteiger partial charge is 0.324 e. The molecule has 0 bridgehead atoms. The molecule has 4 heteroatoms. The van der Waals surface area contributed by atoms with Crippen molar-refractivity contribution in [1.82, 2.24) is 4.98 Å². The molecule has 1 fully saturated rings.